The Labute approximate surface area is 169 Å². The highest BCUT2D eigenvalue weighted by Gasteiger charge is 2.35. The number of para-hydroxylation sites is 1. The quantitative estimate of drug-likeness (QED) is 0.639. The van der Waals surface area contributed by atoms with Crippen molar-refractivity contribution in [2.45, 2.75) is 6.18 Å². The molecule has 0 aliphatic carbocycles. The number of benzene rings is 2. The lowest BCUT2D eigenvalue weighted by molar-refractivity contribution is -0.140. The van der Waals surface area contributed by atoms with Crippen LogP contribution in [0.5, 0.6) is 5.75 Å². The van der Waals surface area contributed by atoms with E-state index in [1.54, 1.807) is 42.5 Å². The van der Waals surface area contributed by atoms with Crippen molar-refractivity contribution in [3.05, 3.63) is 65.4 Å². The molecule has 2 aromatic carbocycles. The number of hydrogen-bond donors (Lipinski definition) is 2. The predicted molar refractivity (Wildman–Crippen MR) is 103 cm³/mol. The average Bonchev–Trinajstić information content (AvgIpc) is 3.07. The molecular formula is C17H16ClF3N4O3S. The van der Waals surface area contributed by atoms with E-state index in [1.165, 1.54) is 17.7 Å². The first-order valence-corrected chi connectivity index (χ1v) is 9.75. The normalized spacial score (nSPS) is 11.6. The van der Waals surface area contributed by atoms with Gasteiger partial charge >= 0.3 is 6.18 Å². The summed E-state index contributed by atoms with van der Waals surface area (Å²) in [6, 6.07) is 13.4. The van der Waals surface area contributed by atoms with Crippen LogP contribution in [0, 0.1) is 0 Å². The molecular weight excluding hydrogens is 433 g/mol. The van der Waals surface area contributed by atoms with Crippen molar-refractivity contribution < 1.29 is 26.3 Å². The van der Waals surface area contributed by atoms with Crippen LogP contribution in [-0.2, 0) is 16.4 Å². The molecule has 0 aliphatic rings. The molecule has 0 amide bonds. The summed E-state index contributed by atoms with van der Waals surface area (Å²) in [4.78, 5) is 3.76. The van der Waals surface area contributed by atoms with Crippen LogP contribution in [-0.4, -0.2) is 25.1 Å². The van der Waals surface area contributed by atoms with Gasteiger partial charge in [0.25, 0.3) is 10.2 Å². The van der Waals surface area contributed by atoms with Gasteiger partial charge in [-0.15, -0.1) is 0 Å². The van der Waals surface area contributed by atoms with Gasteiger partial charge in [-0.1, -0.05) is 29.8 Å². The van der Waals surface area contributed by atoms with Gasteiger partial charge in [0, 0.05) is 17.4 Å². The van der Waals surface area contributed by atoms with E-state index in [-0.39, 0.29) is 5.82 Å². The Morgan fingerprint density at radius 1 is 1.10 bits per heavy atom. The standard InChI is InChI=1S/C17H12ClF3N2O.H4N2O2S/c1-24-14-8-7-11(9-13(14)18)16-22-15(17(19,20)21)10-23(16)12-5-3-2-4-6-12;1-5(2,3)4/h2-10H,1H3;(H4,1,2,3,4). The van der Waals surface area contributed by atoms with Gasteiger partial charge in [-0.2, -0.15) is 21.6 Å². The maximum atomic E-state index is 13.1. The van der Waals surface area contributed by atoms with E-state index in [4.69, 9.17) is 16.3 Å². The zero-order valence-electron chi connectivity index (χ0n) is 14.9. The molecule has 0 fully saturated rings. The lowest BCUT2D eigenvalue weighted by Gasteiger charge is -2.09. The largest absolute Gasteiger partial charge is 0.495 e. The fourth-order valence-corrected chi connectivity index (χ4v) is 2.57. The number of imidazole rings is 1. The molecule has 0 radical (unpaired) electrons. The minimum Gasteiger partial charge on any atom is -0.495 e. The maximum absolute atomic E-state index is 13.1. The summed E-state index contributed by atoms with van der Waals surface area (Å²) in [5.74, 6) is 0.590. The van der Waals surface area contributed by atoms with Crippen LogP contribution >= 0.6 is 11.6 Å². The Morgan fingerprint density at radius 2 is 1.69 bits per heavy atom. The molecule has 1 aromatic heterocycles. The summed E-state index contributed by atoms with van der Waals surface area (Å²) in [6.45, 7) is 0. The molecule has 0 atom stereocenters. The van der Waals surface area contributed by atoms with Gasteiger partial charge in [-0.05, 0) is 30.3 Å². The second-order valence-electron chi connectivity index (χ2n) is 5.59. The average molecular weight is 449 g/mol. The van der Waals surface area contributed by atoms with Crippen LogP contribution in [0.3, 0.4) is 0 Å². The first-order chi connectivity index (χ1) is 13.4. The van der Waals surface area contributed by atoms with Gasteiger partial charge in [0.2, 0.25) is 0 Å². The number of ether oxygens (including phenoxy) is 1. The Kier molecular flexibility index (Phi) is 6.90. The van der Waals surface area contributed by atoms with Crippen molar-refractivity contribution >= 4 is 21.8 Å². The molecule has 12 heteroatoms. The lowest BCUT2D eigenvalue weighted by atomic mass is 10.2. The first kappa shape index (κ1) is 22.7. The fraction of sp³-hybridized carbons (Fsp3) is 0.118. The predicted octanol–water partition coefficient (Wildman–Crippen LogP) is 3.37. The molecule has 1 heterocycles. The molecule has 3 rings (SSSR count). The van der Waals surface area contributed by atoms with Gasteiger partial charge in [-0.3, -0.25) is 4.57 Å². The Morgan fingerprint density at radius 3 is 2.17 bits per heavy atom. The summed E-state index contributed by atoms with van der Waals surface area (Å²) in [5.41, 5.74) is 0.0656. The monoisotopic (exact) mass is 448 g/mol. The summed E-state index contributed by atoms with van der Waals surface area (Å²) >= 11 is 6.09. The Bertz CT molecular complexity index is 1080. The van der Waals surface area contributed by atoms with Gasteiger partial charge in [0.1, 0.15) is 11.6 Å². The molecule has 156 valence electrons. The van der Waals surface area contributed by atoms with Crippen LogP contribution in [0.25, 0.3) is 17.1 Å². The number of halogens is 4. The van der Waals surface area contributed by atoms with Crippen molar-refractivity contribution in [3.8, 4) is 22.8 Å². The fourth-order valence-electron chi connectivity index (χ4n) is 2.31. The molecule has 29 heavy (non-hydrogen) atoms. The van der Waals surface area contributed by atoms with Gasteiger partial charge < -0.3 is 4.74 Å². The lowest BCUT2D eigenvalue weighted by Crippen LogP contribution is -2.21. The second-order valence-corrected chi connectivity index (χ2v) is 7.18. The topological polar surface area (TPSA) is 113 Å². The van der Waals surface area contributed by atoms with Gasteiger partial charge in [0.05, 0.1) is 12.1 Å². The highest BCUT2D eigenvalue weighted by molar-refractivity contribution is 7.86. The minimum atomic E-state index is -4.54. The molecule has 4 N–H and O–H groups in total. The van der Waals surface area contributed by atoms with Crippen LogP contribution in [0.2, 0.25) is 5.02 Å². The van der Waals surface area contributed by atoms with Crippen molar-refractivity contribution in [3.63, 3.8) is 0 Å². The molecule has 0 saturated carbocycles. The van der Waals surface area contributed by atoms with E-state index in [9.17, 15) is 21.6 Å². The minimum absolute atomic E-state index is 0.151. The van der Waals surface area contributed by atoms with E-state index in [0.717, 1.165) is 6.20 Å². The van der Waals surface area contributed by atoms with Gasteiger partial charge in [-0.25, -0.2) is 15.3 Å². The number of rotatable bonds is 3. The summed E-state index contributed by atoms with van der Waals surface area (Å²) in [7, 11) is -2.20. The molecule has 0 aliphatic heterocycles. The van der Waals surface area contributed by atoms with E-state index < -0.39 is 22.1 Å². The van der Waals surface area contributed by atoms with E-state index in [0.29, 0.717) is 22.0 Å². The van der Waals surface area contributed by atoms with Crippen LogP contribution in [0.15, 0.2) is 54.7 Å². The van der Waals surface area contributed by atoms with E-state index in [2.05, 4.69) is 15.3 Å². The molecule has 0 unspecified atom stereocenters. The molecule has 3 aromatic rings. The number of methoxy groups -OCH3 is 1. The molecule has 0 spiro atoms. The maximum Gasteiger partial charge on any atom is 0.434 e. The van der Waals surface area contributed by atoms with Crippen molar-refractivity contribution in [1.29, 1.82) is 0 Å². The zero-order valence-corrected chi connectivity index (χ0v) is 16.5. The smallest absolute Gasteiger partial charge is 0.434 e. The summed E-state index contributed by atoms with van der Waals surface area (Å²) in [6.07, 6.45) is -3.56. The third-order valence-electron chi connectivity index (χ3n) is 3.44. The summed E-state index contributed by atoms with van der Waals surface area (Å²) in [5, 5.41) is 8.51. The summed E-state index contributed by atoms with van der Waals surface area (Å²) < 4.78 is 64.1. The van der Waals surface area contributed by atoms with E-state index >= 15 is 0 Å². The SMILES string of the molecule is COc1ccc(-c2nc(C(F)(F)F)cn2-c2ccccc2)cc1Cl.NS(N)(=O)=O. The number of aromatic nitrogens is 2. The zero-order chi connectivity index (χ0) is 21.8. The van der Waals surface area contributed by atoms with Gasteiger partial charge in [0.15, 0.2) is 5.69 Å². The number of alkyl halides is 3. The highest BCUT2D eigenvalue weighted by Crippen LogP contribution is 2.35. The Balaban J connectivity index is 0.000000537. The molecule has 7 nitrogen and oxygen atoms in total. The van der Waals surface area contributed by atoms with Crippen molar-refractivity contribution in [1.82, 2.24) is 9.55 Å². The number of nitrogens with two attached hydrogens (primary N) is 2. The van der Waals surface area contributed by atoms with Crippen LogP contribution < -0.4 is 15.0 Å². The molecule has 0 bridgehead atoms. The third kappa shape index (κ3) is 6.46. The van der Waals surface area contributed by atoms with Crippen LogP contribution in [0.1, 0.15) is 5.69 Å². The second kappa shape index (κ2) is 8.82. The third-order valence-corrected chi connectivity index (χ3v) is 3.74. The number of hydrogen-bond acceptors (Lipinski definition) is 4. The highest BCUT2D eigenvalue weighted by atomic mass is 35.5. The number of nitrogens with zero attached hydrogens (tertiary/aromatic N) is 2. The van der Waals surface area contributed by atoms with Crippen molar-refractivity contribution in [2.75, 3.05) is 7.11 Å². The Hall–Kier alpha value is -2.60. The van der Waals surface area contributed by atoms with E-state index in [1.807, 2.05) is 0 Å². The first-order valence-electron chi connectivity index (χ1n) is 7.76. The molecule has 0 saturated heterocycles. The van der Waals surface area contributed by atoms with Crippen LogP contribution in [0.4, 0.5) is 13.2 Å². The van der Waals surface area contributed by atoms with Crippen molar-refractivity contribution in [2.24, 2.45) is 10.3 Å².